The Hall–Kier alpha value is -3.71. The van der Waals surface area contributed by atoms with Crippen LogP contribution in [0.5, 0.6) is 5.75 Å². The summed E-state index contributed by atoms with van der Waals surface area (Å²) in [5, 5.41) is 26.2. The molecule has 0 spiro atoms. The van der Waals surface area contributed by atoms with Gasteiger partial charge in [-0.25, -0.2) is 13.6 Å². The largest absolute Gasteiger partial charge is 0.496 e. The van der Waals surface area contributed by atoms with Gasteiger partial charge in [0.15, 0.2) is 0 Å². The van der Waals surface area contributed by atoms with E-state index < -0.39 is 52.3 Å². The summed E-state index contributed by atoms with van der Waals surface area (Å²) in [4.78, 5) is 25.5. The highest BCUT2D eigenvalue weighted by Gasteiger charge is 2.61. The van der Waals surface area contributed by atoms with E-state index in [-0.39, 0.29) is 38.2 Å². The third-order valence-electron chi connectivity index (χ3n) is 7.43. The molecule has 4 atom stereocenters. The summed E-state index contributed by atoms with van der Waals surface area (Å²) in [5.41, 5.74) is -2.16. The lowest BCUT2D eigenvalue weighted by Crippen LogP contribution is -2.45. The molecular formula is C31H29Cl2F2N3O4. The van der Waals surface area contributed by atoms with Crippen molar-refractivity contribution in [1.29, 1.82) is 5.26 Å². The van der Waals surface area contributed by atoms with Crippen molar-refractivity contribution in [1.82, 2.24) is 5.32 Å². The van der Waals surface area contributed by atoms with Crippen molar-refractivity contribution in [3.8, 4) is 11.8 Å². The molecule has 3 aromatic carbocycles. The number of aromatic carboxylic acids is 1. The van der Waals surface area contributed by atoms with Crippen molar-refractivity contribution in [3.63, 3.8) is 0 Å². The molecule has 0 bridgehead atoms. The van der Waals surface area contributed by atoms with E-state index in [0.717, 1.165) is 6.07 Å². The van der Waals surface area contributed by atoms with Crippen molar-refractivity contribution in [3.05, 3.63) is 93.0 Å². The van der Waals surface area contributed by atoms with Crippen LogP contribution in [-0.4, -0.2) is 36.2 Å². The summed E-state index contributed by atoms with van der Waals surface area (Å²) >= 11 is 12.2. The van der Waals surface area contributed by atoms with Crippen molar-refractivity contribution in [2.45, 2.75) is 50.6 Å². The molecule has 42 heavy (non-hydrogen) atoms. The number of benzene rings is 3. The maximum Gasteiger partial charge on any atom is 0.339 e. The quantitative estimate of drug-likeness (QED) is 0.265. The molecule has 1 saturated heterocycles. The number of methoxy groups -OCH3 is 1. The monoisotopic (exact) mass is 615 g/mol. The number of carboxylic acids is 1. The third-order valence-corrected chi connectivity index (χ3v) is 7.96. The summed E-state index contributed by atoms with van der Waals surface area (Å²) < 4.78 is 36.7. The molecule has 0 aliphatic carbocycles. The zero-order valence-corrected chi connectivity index (χ0v) is 24.8. The number of carbonyl (C=O) groups excluding carboxylic acids is 1. The van der Waals surface area contributed by atoms with E-state index in [2.05, 4.69) is 16.7 Å². The van der Waals surface area contributed by atoms with Gasteiger partial charge >= 0.3 is 5.97 Å². The SMILES string of the molecule is COc1cc(NC(=O)C2N[C@@H](CC(C)(C)C)[C@](C#N)(c3ccc(Cl)cc3F)[C@H]2c2cccc(Cl)c2F)ccc1C(=O)O. The Morgan fingerprint density at radius 1 is 1.14 bits per heavy atom. The van der Waals surface area contributed by atoms with E-state index in [4.69, 9.17) is 27.9 Å². The Morgan fingerprint density at radius 2 is 1.86 bits per heavy atom. The maximum atomic E-state index is 15.8. The molecule has 7 nitrogen and oxygen atoms in total. The molecule has 1 unspecified atom stereocenters. The second-order valence-corrected chi connectivity index (χ2v) is 12.2. The highest BCUT2D eigenvalue weighted by atomic mass is 35.5. The molecule has 0 saturated carbocycles. The third kappa shape index (κ3) is 5.80. The standard InChI is InChI=1S/C31H29Cl2F2N3O4/c1-30(2,3)14-24-31(15-36,20-11-8-16(32)12-22(20)34)25(19-6-5-7-21(33)26(19)35)27(38-24)28(39)37-17-9-10-18(29(40)41)23(13-17)42-4/h5-13,24-25,27,38H,14H2,1-4H3,(H,37,39)(H,40,41)/t24-,25-,27?,31-/m0/s1. The number of rotatable bonds is 7. The molecule has 11 heteroatoms. The fourth-order valence-corrected chi connectivity index (χ4v) is 6.06. The summed E-state index contributed by atoms with van der Waals surface area (Å²) in [6.45, 7) is 5.81. The minimum Gasteiger partial charge on any atom is -0.496 e. The average Bonchev–Trinajstić information content (AvgIpc) is 3.23. The van der Waals surface area contributed by atoms with Crippen LogP contribution in [-0.2, 0) is 10.2 Å². The first kappa shape index (κ1) is 31.2. The molecule has 0 aromatic heterocycles. The fraction of sp³-hybridized carbons (Fsp3) is 0.323. The maximum absolute atomic E-state index is 15.8. The van der Waals surface area contributed by atoms with Crippen LogP contribution in [0.3, 0.4) is 0 Å². The number of ether oxygens (including phenoxy) is 1. The second-order valence-electron chi connectivity index (χ2n) is 11.4. The summed E-state index contributed by atoms with van der Waals surface area (Å²) in [6, 6.07) is 12.4. The average molecular weight is 616 g/mol. The summed E-state index contributed by atoms with van der Waals surface area (Å²) in [7, 11) is 1.29. The number of nitrogens with zero attached hydrogens (tertiary/aromatic N) is 1. The Balaban J connectivity index is 1.93. The number of nitrogens with one attached hydrogen (secondary N) is 2. The number of carbonyl (C=O) groups is 2. The Labute approximate surface area is 252 Å². The minimum atomic E-state index is -1.78. The number of hydrogen-bond acceptors (Lipinski definition) is 5. The van der Waals surface area contributed by atoms with E-state index in [1.54, 1.807) is 0 Å². The zero-order valence-electron chi connectivity index (χ0n) is 23.3. The first-order valence-corrected chi connectivity index (χ1v) is 13.8. The molecule has 1 amide bonds. The van der Waals surface area contributed by atoms with Crippen molar-refractivity contribution in [2.24, 2.45) is 5.41 Å². The van der Waals surface area contributed by atoms with Gasteiger partial charge in [-0.2, -0.15) is 5.26 Å². The molecule has 0 radical (unpaired) electrons. The van der Waals surface area contributed by atoms with Crippen LogP contribution in [0.15, 0.2) is 54.6 Å². The number of carboxylic acid groups (broad SMARTS) is 1. The lowest BCUT2D eigenvalue weighted by molar-refractivity contribution is -0.118. The molecule has 1 aliphatic heterocycles. The van der Waals surface area contributed by atoms with E-state index >= 15 is 8.78 Å². The van der Waals surface area contributed by atoms with Gasteiger partial charge in [0.05, 0.1) is 24.2 Å². The molecule has 3 N–H and O–H groups in total. The lowest BCUT2D eigenvalue weighted by atomic mass is 9.62. The van der Waals surface area contributed by atoms with Crippen molar-refractivity contribution >= 4 is 40.8 Å². The van der Waals surface area contributed by atoms with E-state index in [0.29, 0.717) is 6.42 Å². The summed E-state index contributed by atoms with van der Waals surface area (Å²) in [6.07, 6.45) is 0.312. The van der Waals surface area contributed by atoms with Crippen molar-refractivity contribution in [2.75, 3.05) is 12.4 Å². The van der Waals surface area contributed by atoms with Gasteiger partial charge in [0.2, 0.25) is 5.91 Å². The number of amides is 1. The van der Waals surface area contributed by atoms with E-state index in [9.17, 15) is 20.0 Å². The van der Waals surface area contributed by atoms with Crippen LogP contribution in [0.2, 0.25) is 10.0 Å². The lowest BCUT2D eigenvalue weighted by Gasteiger charge is -2.37. The van der Waals surface area contributed by atoms with E-state index in [1.165, 1.54) is 55.6 Å². The Kier molecular flexibility index (Phi) is 8.84. The highest BCUT2D eigenvalue weighted by Crippen LogP contribution is 2.53. The summed E-state index contributed by atoms with van der Waals surface area (Å²) in [5.74, 6) is -4.71. The Morgan fingerprint density at radius 3 is 2.45 bits per heavy atom. The number of halogens is 4. The second kappa shape index (κ2) is 11.9. The van der Waals surface area contributed by atoms with Crippen LogP contribution in [0.25, 0.3) is 0 Å². The van der Waals surface area contributed by atoms with Gasteiger partial charge in [-0.3, -0.25) is 4.79 Å². The first-order chi connectivity index (χ1) is 19.7. The molecule has 3 aromatic rings. The fourth-order valence-electron chi connectivity index (χ4n) is 5.72. The van der Waals surface area contributed by atoms with Gasteiger partial charge in [0, 0.05) is 34.3 Å². The van der Waals surface area contributed by atoms with Gasteiger partial charge < -0.3 is 20.5 Å². The number of anilines is 1. The Bertz CT molecular complexity index is 1590. The van der Waals surface area contributed by atoms with Gasteiger partial charge in [0.1, 0.15) is 28.4 Å². The normalized spacial score (nSPS) is 21.9. The number of nitriles is 1. The molecular weight excluding hydrogens is 587 g/mol. The highest BCUT2D eigenvalue weighted by molar-refractivity contribution is 6.31. The van der Waals surface area contributed by atoms with Crippen LogP contribution in [0.1, 0.15) is 54.6 Å². The van der Waals surface area contributed by atoms with Gasteiger partial charge in [-0.1, -0.05) is 62.2 Å². The van der Waals surface area contributed by atoms with Gasteiger partial charge in [-0.15, -0.1) is 0 Å². The smallest absolute Gasteiger partial charge is 0.339 e. The topological polar surface area (TPSA) is 111 Å². The molecule has 220 valence electrons. The predicted octanol–water partition coefficient (Wildman–Crippen LogP) is 6.94. The van der Waals surface area contributed by atoms with Crippen LogP contribution in [0, 0.1) is 28.4 Å². The van der Waals surface area contributed by atoms with E-state index in [1.807, 2.05) is 20.8 Å². The van der Waals surface area contributed by atoms with Crippen molar-refractivity contribution < 1.29 is 28.2 Å². The zero-order chi connectivity index (χ0) is 31.0. The molecule has 1 fully saturated rings. The first-order valence-electron chi connectivity index (χ1n) is 13.0. The minimum absolute atomic E-state index is 0.0114. The molecule has 4 rings (SSSR count). The molecule has 1 aliphatic rings. The van der Waals surface area contributed by atoms with Crippen LogP contribution in [0.4, 0.5) is 14.5 Å². The predicted molar refractivity (Wildman–Crippen MR) is 156 cm³/mol. The van der Waals surface area contributed by atoms with Gasteiger partial charge in [0.25, 0.3) is 0 Å². The molecule has 1 heterocycles. The van der Waals surface area contributed by atoms with Gasteiger partial charge in [-0.05, 0) is 47.7 Å². The van der Waals surface area contributed by atoms with Crippen LogP contribution < -0.4 is 15.4 Å². The van der Waals surface area contributed by atoms with Crippen LogP contribution >= 0.6 is 23.2 Å². The number of hydrogen-bond donors (Lipinski definition) is 3.